The molecule has 30 heavy (non-hydrogen) atoms. The number of hydrogen-bond acceptors (Lipinski definition) is 6. The molecule has 0 aliphatic heterocycles. The lowest BCUT2D eigenvalue weighted by molar-refractivity contribution is -0.154. The summed E-state index contributed by atoms with van der Waals surface area (Å²) in [7, 11) is 0. The SMILES string of the molecule is O=C(c1ccc(Oc2nccnc2OCC(F)(F)F)cc1)c1nc2ccccc2[nH]1. The van der Waals surface area contributed by atoms with Crippen LogP contribution in [0.5, 0.6) is 17.5 Å². The van der Waals surface area contributed by atoms with Gasteiger partial charge in [-0.2, -0.15) is 13.2 Å². The van der Waals surface area contributed by atoms with E-state index in [0.717, 1.165) is 5.52 Å². The number of rotatable bonds is 6. The third kappa shape index (κ3) is 4.37. The Morgan fingerprint density at radius 1 is 0.967 bits per heavy atom. The van der Waals surface area contributed by atoms with Crippen molar-refractivity contribution >= 4 is 16.8 Å². The third-order valence-corrected chi connectivity index (χ3v) is 3.94. The summed E-state index contributed by atoms with van der Waals surface area (Å²) in [6, 6.07) is 13.3. The molecule has 1 N–H and O–H groups in total. The van der Waals surface area contributed by atoms with Gasteiger partial charge in [-0.1, -0.05) is 12.1 Å². The van der Waals surface area contributed by atoms with Gasteiger partial charge in [-0.15, -0.1) is 0 Å². The van der Waals surface area contributed by atoms with Crippen molar-refractivity contribution in [2.75, 3.05) is 6.61 Å². The van der Waals surface area contributed by atoms with Crippen molar-refractivity contribution in [2.45, 2.75) is 6.18 Å². The topological polar surface area (TPSA) is 90.0 Å². The molecule has 2 heterocycles. The van der Waals surface area contributed by atoms with Crippen LogP contribution < -0.4 is 9.47 Å². The number of aromatic nitrogens is 4. The Balaban J connectivity index is 1.50. The lowest BCUT2D eigenvalue weighted by Crippen LogP contribution is -2.20. The van der Waals surface area contributed by atoms with Crippen LogP contribution in [0.15, 0.2) is 60.9 Å². The molecule has 4 aromatic rings. The van der Waals surface area contributed by atoms with Crippen molar-refractivity contribution in [2.24, 2.45) is 0 Å². The van der Waals surface area contributed by atoms with Crippen LogP contribution in [-0.2, 0) is 0 Å². The van der Waals surface area contributed by atoms with E-state index in [1.165, 1.54) is 36.7 Å². The lowest BCUT2D eigenvalue weighted by Gasteiger charge is -2.11. The predicted octanol–water partition coefficient (Wildman–Crippen LogP) is 4.32. The number of halogens is 3. The highest BCUT2D eigenvalue weighted by atomic mass is 19.4. The van der Waals surface area contributed by atoms with Crippen LogP contribution in [0.1, 0.15) is 16.2 Å². The quantitative estimate of drug-likeness (QED) is 0.473. The number of H-pyrrole nitrogens is 1. The summed E-state index contributed by atoms with van der Waals surface area (Å²) in [5.41, 5.74) is 1.78. The van der Waals surface area contributed by atoms with Crippen molar-refractivity contribution in [1.82, 2.24) is 19.9 Å². The first kappa shape index (κ1) is 19.4. The molecule has 0 aliphatic carbocycles. The highest BCUT2D eigenvalue weighted by molar-refractivity contribution is 6.08. The number of nitrogens with one attached hydrogen (secondary N) is 1. The van der Waals surface area contributed by atoms with E-state index in [4.69, 9.17) is 4.74 Å². The molecule has 0 spiro atoms. The average molecular weight is 414 g/mol. The molecule has 0 saturated heterocycles. The van der Waals surface area contributed by atoms with Gasteiger partial charge in [0.15, 0.2) is 12.4 Å². The number of nitrogens with zero attached hydrogens (tertiary/aromatic N) is 3. The molecule has 10 heteroatoms. The standard InChI is InChI=1S/C20H13F3N4O3/c21-20(22,23)11-29-18-19(25-10-9-24-18)30-13-7-5-12(6-8-13)16(28)17-26-14-3-1-2-4-15(14)27-17/h1-10H,11H2,(H,26,27). The van der Waals surface area contributed by atoms with Crippen molar-refractivity contribution in [1.29, 1.82) is 0 Å². The molecule has 0 unspecified atom stereocenters. The van der Waals surface area contributed by atoms with Crippen LogP contribution in [0, 0.1) is 0 Å². The van der Waals surface area contributed by atoms with Crippen LogP contribution in [-0.4, -0.2) is 38.5 Å². The first-order valence-electron chi connectivity index (χ1n) is 8.67. The van der Waals surface area contributed by atoms with E-state index in [2.05, 4.69) is 24.7 Å². The molecule has 0 bridgehead atoms. The molecule has 0 fully saturated rings. The second kappa shape index (κ2) is 7.82. The fourth-order valence-corrected chi connectivity index (χ4v) is 2.61. The Hall–Kier alpha value is -3.95. The van der Waals surface area contributed by atoms with Gasteiger partial charge < -0.3 is 14.5 Å². The molecule has 0 saturated carbocycles. The number of carbonyl (C=O) groups is 1. The number of alkyl halides is 3. The molecule has 2 aromatic heterocycles. The number of para-hydroxylation sites is 2. The number of hydrogen-bond donors (Lipinski definition) is 1. The molecule has 0 amide bonds. The minimum atomic E-state index is -4.52. The van der Waals surface area contributed by atoms with Gasteiger partial charge in [0.1, 0.15) is 5.75 Å². The van der Waals surface area contributed by atoms with Gasteiger partial charge in [-0.05, 0) is 36.4 Å². The van der Waals surface area contributed by atoms with E-state index in [0.29, 0.717) is 11.1 Å². The highest BCUT2D eigenvalue weighted by Gasteiger charge is 2.29. The van der Waals surface area contributed by atoms with Gasteiger partial charge in [0.2, 0.25) is 5.78 Å². The summed E-state index contributed by atoms with van der Waals surface area (Å²) in [5.74, 6) is -0.489. The molecule has 4 rings (SSSR count). The molecule has 152 valence electrons. The maximum Gasteiger partial charge on any atom is 0.422 e. The van der Waals surface area contributed by atoms with Gasteiger partial charge in [0.05, 0.1) is 11.0 Å². The van der Waals surface area contributed by atoms with E-state index in [-0.39, 0.29) is 23.2 Å². The van der Waals surface area contributed by atoms with Gasteiger partial charge in [-0.3, -0.25) is 4.79 Å². The predicted molar refractivity (Wildman–Crippen MR) is 99.6 cm³/mol. The summed E-state index contributed by atoms with van der Waals surface area (Å²) >= 11 is 0. The van der Waals surface area contributed by atoms with Crippen LogP contribution in [0.4, 0.5) is 13.2 Å². The Bertz CT molecular complexity index is 1160. The van der Waals surface area contributed by atoms with Gasteiger partial charge >= 0.3 is 6.18 Å². The molecule has 0 radical (unpaired) electrons. The number of aromatic amines is 1. The fourth-order valence-electron chi connectivity index (χ4n) is 2.61. The van der Waals surface area contributed by atoms with Crippen LogP contribution in [0.3, 0.4) is 0 Å². The lowest BCUT2D eigenvalue weighted by atomic mass is 10.1. The number of fused-ring (bicyclic) bond motifs is 1. The first-order chi connectivity index (χ1) is 14.4. The fraction of sp³-hybridized carbons (Fsp3) is 0.100. The largest absolute Gasteiger partial charge is 0.464 e. The van der Waals surface area contributed by atoms with Gasteiger partial charge in [-0.25, -0.2) is 15.0 Å². The average Bonchev–Trinajstić information content (AvgIpc) is 3.17. The molecular formula is C20H13F3N4O3. The number of ketones is 1. The maximum atomic E-state index is 12.6. The normalized spacial score (nSPS) is 11.4. The third-order valence-electron chi connectivity index (χ3n) is 3.94. The first-order valence-corrected chi connectivity index (χ1v) is 8.67. The summed E-state index contributed by atoms with van der Waals surface area (Å²) in [6.45, 7) is -1.52. The van der Waals surface area contributed by atoms with E-state index < -0.39 is 18.7 Å². The van der Waals surface area contributed by atoms with Crippen molar-refractivity contribution in [3.63, 3.8) is 0 Å². The number of benzene rings is 2. The Morgan fingerprint density at radius 2 is 1.67 bits per heavy atom. The van der Waals surface area contributed by atoms with Crippen molar-refractivity contribution in [3.8, 4) is 17.5 Å². The minimum absolute atomic E-state index is 0.196. The summed E-state index contributed by atoms with van der Waals surface area (Å²) in [4.78, 5) is 27.4. The van der Waals surface area contributed by atoms with Crippen LogP contribution >= 0.6 is 0 Å². The van der Waals surface area contributed by atoms with E-state index in [1.54, 1.807) is 6.07 Å². The smallest absolute Gasteiger partial charge is 0.422 e. The number of ether oxygens (including phenoxy) is 2. The van der Waals surface area contributed by atoms with Crippen molar-refractivity contribution in [3.05, 3.63) is 72.3 Å². The van der Waals surface area contributed by atoms with Gasteiger partial charge in [0.25, 0.3) is 11.8 Å². The van der Waals surface area contributed by atoms with Crippen LogP contribution in [0.25, 0.3) is 11.0 Å². The Morgan fingerprint density at radius 3 is 2.37 bits per heavy atom. The Labute approximate surface area is 167 Å². The second-order valence-electron chi connectivity index (χ2n) is 6.13. The van der Waals surface area contributed by atoms with Gasteiger partial charge in [0, 0.05) is 18.0 Å². The van der Waals surface area contributed by atoms with Crippen LogP contribution in [0.2, 0.25) is 0 Å². The molecule has 2 aromatic carbocycles. The molecule has 0 atom stereocenters. The van der Waals surface area contributed by atoms with E-state index >= 15 is 0 Å². The summed E-state index contributed by atoms with van der Waals surface area (Å²) in [6.07, 6.45) is -2.07. The molecule has 7 nitrogen and oxygen atoms in total. The maximum absolute atomic E-state index is 12.6. The summed E-state index contributed by atoms with van der Waals surface area (Å²) < 4.78 is 47.2. The second-order valence-corrected chi connectivity index (χ2v) is 6.13. The summed E-state index contributed by atoms with van der Waals surface area (Å²) in [5, 5.41) is 0. The number of imidazole rings is 1. The highest BCUT2D eigenvalue weighted by Crippen LogP contribution is 2.28. The molecular weight excluding hydrogens is 401 g/mol. The van der Waals surface area contributed by atoms with E-state index in [1.807, 2.05) is 18.2 Å². The zero-order valence-electron chi connectivity index (χ0n) is 15.2. The number of carbonyl (C=O) groups excluding carboxylic acids is 1. The van der Waals surface area contributed by atoms with Crippen molar-refractivity contribution < 1.29 is 27.4 Å². The van der Waals surface area contributed by atoms with E-state index in [9.17, 15) is 18.0 Å². The molecule has 0 aliphatic rings. The zero-order valence-corrected chi connectivity index (χ0v) is 15.2. The zero-order chi connectivity index (χ0) is 21.1. The monoisotopic (exact) mass is 414 g/mol. The minimum Gasteiger partial charge on any atom is -0.464 e. The Kier molecular flexibility index (Phi) is 5.05.